The van der Waals surface area contributed by atoms with Gasteiger partial charge in [-0.15, -0.1) is 0 Å². The number of carbonyl (C=O) groups is 2. The van der Waals surface area contributed by atoms with E-state index in [2.05, 4.69) is 0 Å². The molecule has 15 heavy (non-hydrogen) atoms. The lowest BCUT2D eigenvalue weighted by molar-refractivity contribution is -0.137. The van der Waals surface area contributed by atoms with Crippen LogP contribution in [0.3, 0.4) is 0 Å². The maximum absolute atomic E-state index is 11.3. The van der Waals surface area contributed by atoms with Gasteiger partial charge in [-0.25, -0.2) is 0 Å². The smallest absolute Gasteiger partial charge is 0.303 e. The molecule has 0 atom stereocenters. The van der Waals surface area contributed by atoms with Crippen molar-refractivity contribution in [1.29, 1.82) is 0 Å². The average molecular weight is 227 g/mol. The van der Waals surface area contributed by atoms with Crippen LogP contribution >= 0.6 is 11.3 Å². The molecule has 0 fully saturated rings. The molecule has 0 aromatic carbocycles. The van der Waals surface area contributed by atoms with Crippen LogP contribution in [0.25, 0.3) is 0 Å². The molecule has 0 spiro atoms. The second-order valence-electron chi connectivity index (χ2n) is 3.15. The molecule has 4 nitrogen and oxygen atoms in total. The lowest BCUT2D eigenvalue weighted by Gasteiger charge is -2.18. The number of aliphatic carboxylic acids is 1. The third-order valence-corrected chi connectivity index (χ3v) is 2.64. The summed E-state index contributed by atoms with van der Waals surface area (Å²) in [5, 5.41) is 12.3. The quantitative estimate of drug-likeness (QED) is 0.836. The number of hydrogen-bond acceptors (Lipinski definition) is 3. The van der Waals surface area contributed by atoms with Crippen molar-refractivity contribution < 1.29 is 14.7 Å². The standard InChI is InChI=1S/C10H13NO3S/c1-8(12)11(5-2-3-10(13)14)9-4-6-15-7-9/h4,6-7H,2-3,5H2,1H3,(H,13,14). The first kappa shape index (κ1) is 11.7. The first-order valence-corrected chi connectivity index (χ1v) is 5.57. The minimum Gasteiger partial charge on any atom is -0.481 e. The van der Waals surface area contributed by atoms with Crippen LogP contribution in [0.1, 0.15) is 19.8 Å². The van der Waals surface area contributed by atoms with Crippen LogP contribution in [-0.2, 0) is 9.59 Å². The zero-order chi connectivity index (χ0) is 11.3. The van der Waals surface area contributed by atoms with Crippen molar-refractivity contribution in [3.8, 4) is 0 Å². The number of thiophene rings is 1. The number of hydrogen-bond donors (Lipinski definition) is 1. The Morgan fingerprint density at radius 3 is 2.73 bits per heavy atom. The van der Waals surface area contributed by atoms with Crippen molar-refractivity contribution in [1.82, 2.24) is 0 Å². The van der Waals surface area contributed by atoms with Crippen molar-refractivity contribution in [2.75, 3.05) is 11.4 Å². The van der Waals surface area contributed by atoms with Gasteiger partial charge in [-0.05, 0) is 17.9 Å². The summed E-state index contributed by atoms with van der Waals surface area (Å²) in [6.07, 6.45) is 0.568. The van der Waals surface area contributed by atoms with Crippen LogP contribution < -0.4 is 4.90 Å². The minimum absolute atomic E-state index is 0.0567. The Labute approximate surface area is 92.1 Å². The molecule has 1 rings (SSSR count). The summed E-state index contributed by atoms with van der Waals surface area (Å²) in [5.41, 5.74) is 0.845. The van der Waals surface area contributed by atoms with E-state index in [0.717, 1.165) is 5.69 Å². The van der Waals surface area contributed by atoms with Crippen LogP contribution in [0, 0.1) is 0 Å². The second-order valence-corrected chi connectivity index (χ2v) is 3.93. The third kappa shape index (κ3) is 3.71. The van der Waals surface area contributed by atoms with Crippen molar-refractivity contribution >= 4 is 28.9 Å². The van der Waals surface area contributed by atoms with E-state index in [1.165, 1.54) is 18.3 Å². The Morgan fingerprint density at radius 1 is 1.53 bits per heavy atom. The highest BCUT2D eigenvalue weighted by molar-refractivity contribution is 7.08. The van der Waals surface area contributed by atoms with Crippen molar-refractivity contribution in [3.63, 3.8) is 0 Å². The van der Waals surface area contributed by atoms with Crippen LogP contribution in [0.5, 0.6) is 0 Å². The summed E-state index contributed by atoms with van der Waals surface area (Å²) in [5.74, 6) is -0.886. The predicted molar refractivity (Wildman–Crippen MR) is 59.2 cm³/mol. The number of anilines is 1. The van der Waals surface area contributed by atoms with Gasteiger partial charge >= 0.3 is 5.97 Å². The van der Waals surface area contributed by atoms with Gasteiger partial charge in [0.1, 0.15) is 0 Å². The molecule has 0 saturated carbocycles. The van der Waals surface area contributed by atoms with E-state index in [4.69, 9.17) is 5.11 Å². The van der Waals surface area contributed by atoms with E-state index >= 15 is 0 Å². The molecule has 0 aliphatic carbocycles. The largest absolute Gasteiger partial charge is 0.481 e. The summed E-state index contributed by atoms with van der Waals surface area (Å²) in [6.45, 7) is 1.94. The molecule has 0 aliphatic heterocycles. The van der Waals surface area contributed by atoms with Gasteiger partial charge in [-0.3, -0.25) is 9.59 Å². The number of amides is 1. The van der Waals surface area contributed by atoms with E-state index in [1.807, 2.05) is 16.8 Å². The molecule has 82 valence electrons. The Bertz CT molecular complexity index is 334. The fraction of sp³-hybridized carbons (Fsp3) is 0.400. The topological polar surface area (TPSA) is 57.6 Å². The summed E-state index contributed by atoms with van der Waals surface area (Å²) in [6, 6.07) is 1.85. The lowest BCUT2D eigenvalue weighted by Crippen LogP contribution is -2.29. The highest BCUT2D eigenvalue weighted by Crippen LogP contribution is 2.18. The first-order chi connectivity index (χ1) is 7.11. The molecule has 1 aromatic heterocycles. The van der Waals surface area contributed by atoms with Crippen molar-refractivity contribution in [3.05, 3.63) is 16.8 Å². The molecule has 0 bridgehead atoms. The van der Waals surface area contributed by atoms with Gasteiger partial charge in [0.05, 0.1) is 5.69 Å². The van der Waals surface area contributed by atoms with Crippen molar-refractivity contribution in [2.24, 2.45) is 0 Å². The van der Waals surface area contributed by atoms with E-state index in [1.54, 1.807) is 4.90 Å². The number of carbonyl (C=O) groups excluding carboxylic acids is 1. The van der Waals surface area contributed by atoms with E-state index in [-0.39, 0.29) is 12.3 Å². The number of rotatable bonds is 5. The second kappa shape index (κ2) is 5.50. The molecule has 1 heterocycles. The minimum atomic E-state index is -0.830. The van der Waals surface area contributed by atoms with Crippen LogP contribution in [0.2, 0.25) is 0 Å². The van der Waals surface area contributed by atoms with Gasteiger partial charge in [-0.2, -0.15) is 11.3 Å². The summed E-state index contributed by atoms with van der Waals surface area (Å²) in [4.78, 5) is 23.2. The SMILES string of the molecule is CC(=O)N(CCCC(=O)O)c1ccsc1. The maximum atomic E-state index is 11.3. The monoisotopic (exact) mass is 227 g/mol. The van der Waals surface area contributed by atoms with Gasteiger partial charge in [-0.1, -0.05) is 0 Å². The molecule has 1 N–H and O–H groups in total. The molecular weight excluding hydrogens is 214 g/mol. The third-order valence-electron chi connectivity index (χ3n) is 1.97. The van der Waals surface area contributed by atoms with E-state index in [9.17, 15) is 9.59 Å². The van der Waals surface area contributed by atoms with Crippen molar-refractivity contribution in [2.45, 2.75) is 19.8 Å². The zero-order valence-electron chi connectivity index (χ0n) is 8.47. The summed E-state index contributed by atoms with van der Waals surface area (Å²) in [7, 11) is 0. The van der Waals surface area contributed by atoms with Gasteiger partial charge in [0.2, 0.25) is 5.91 Å². The number of carboxylic acid groups (broad SMARTS) is 1. The highest BCUT2D eigenvalue weighted by Gasteiger charge is 2.11. The van der Waals surface area contributed by atoms with Gasteiger partial charge in [0.15, 0.2) is 0 Å². The maximum Gasteiger partial charge on any atom is 0.303 e. The molecule has 0 radical (unpaired) electrons. The lowest BCUT2D eigenvalue weighted by atomic mass is 10.3. The normalized spacial score (nSPS) is 9.93. The fourth-order valence-electron chi connectivity index (χ4n) is 1.27. The van der Waals surface area contributed by atoms with Crippen LogP contribution in [-0.4, -0.2) is 23.5 Å². The van der Waals surface area contributed by atoms with Crippen LogP contribution in [0.4, 0.5) is 5.69 Å². The summed E-state index contributed by atoms with van der Waals surface area (Å²) < 4.78 is 0. The predicted octanol–water partition coefficient (Wildman–Crippen LogP) is 1.97. The zero-order valence-corrected chi connectivity index (χ0v) is 9.29. The van der Waals surface area contributed by atoms with Crippen LogP contribution in [0.15, 0.2) is 16.8 Å². The molecule has 1 aromatic rings. The first-order valence-electron chi connectivity index (χ1n) is 4.63. The number of nitrogens with zero attached hydrogens (tertiary/aromatic N) is 1. The fourth-order valence-corrected chi connectivity index (χ4v) is 1.91. The Balaban J connectivity index is 2.53. The Kier molecular flexibility index (Phi) is 4.30. The average Bonchev–Trinajstić information content (AvgIpc) is 2.63. The molecule has 5 heteroatoms. The molecule has 1 amide bonds. The van der Waals surface area contributed by atoms with Gasteiger partial charge < -0.3 is 10.0 Å². The summed E-state index contributed by atoms with van der Waals surface area (Å²) >= 11 is 1.51. The molecule has 0 unspecified atom stereocenters. The van der Waals surface area contributed by atoms with E-state index in [0.29, 0.717) is 13.0 Å². The number of carboxylic acids is 1. The Hall–Kier alpha value is -1.36. The van der Waals surface area contributed by atoms with E-state index < -0.39 is 5.97 Å². The molecule has 0 saturated heterocycles. The Morgan fingerprint density at radius 2 is 2.27 bits per heavy atom. The van der Waals surface area contributed by atoms with Gasteiger partial charge in [0, 0.05) is 25.3 Å². The van der Waals surface area contributed by atoms with Gasteiger partial charge in [0.25, 0.3) is 0 Å². The molecule has 0 aliphatic rings. The molecular formula is C10H13NO3S. The highest BCUT2D eigenvalue weighted by atomic mass is 32.1.